The van der Waals surface area contributed by atoms with Gasteiger partial charge in [-0.15, -0.1) is 0 Å². The van der Waals surface area contributed by atoms with Crippen molar-refractivity contribution in [2.45, 2.75) is 17.4 Å². The van der Waals surface area contributed by atoms with Crippen LogP contribution in [0.25, 0.3) is 0 Å². The minimum absolute atomic E-state index is 0.0449. The third kappa shape index (κ3) is 3.74. The molecular formula is C13H17N3O5S. The number of likely N-dealkylation sites (N-methyl/N-ethyl adjacent to an activating group) is 1. The van der Waals surface area contributed by atoms with Crippen LogP contribution in [0.15, 0.2) is 29.2 Å². The minimum atomic E-state index is -3.70. The maximum Gasteiger partial charge on any atom is 0.410 e. The van der Waals surface area contributed by atoms with Crippen LogP contribution in [0.4, 0.5) is 4.79 Å². The molecule has 1 heterocycles. The highest BCUT2D eigenvalue weighted by Gasteiger charge is 2.34. The van der Waals surface area contributed by atoms with Gasteiger partial charge in [-0.05, 0) is 24.1 Å². The van der Waals surface area contributed by atoms with E-state index in [4.69, 9.17) is 9.88 Å². The molecule has 1 aromatic rings. The molecule has 120 valence electrons. The Labute approximate surface area is 128 Å². The topological polar surface area (TPSA) is 119 Å². The number of nitrogens with zero attached hydrogens (tertiary/aromatic N) is 1. The molecule has 1 fully saturated rings. The number of nitrogens with two attached hydrogens (primary N) is 1. The number of amides is 2. The molecule has 1 aliphatic rings. The molecule has 2 rings (SSSR count). The van der Waals surface area contributed by atoms with Gasteiger partial charge in [-0.1, -0.05) is 12.1 Å². The first-order chi connectivity index (χ1) is 10.3. The number of primary sulfonamides is 1. The summed E-state index contributed by atoms with van der Waals surface area (Å²) in [6.07, 6.45) is 0.0146. The Morgan fingerprint density at radius 2 is 2.05 bits per heavy atom. The molecular weight excluding hydrogens is 310 g/mol. The van der Waals surface area contributed by atoms with Crippen LogP contribution in [0.5, 0.6) is 0 Å². The molecule has 0 aromatic heterocycles. The van der Waals surface area contributed by atoms with E-state index < -0.39 is 22.2 Å². The van der Waals surface area contributed by atoms with Gasteiger partial charge in [-0.2, -0.15) is 0 Å². The highest BCUT2D eigenvalue weighted by molar-refractivity contribution is 7.89. The van der Waals surface area contributed by atoms with Crippen LogP contribution in [-0.2, 0) is 26.0 Å². The number of ether oxygens (including phenoxy) is 1. The summed E-state index contributed by atoms with van der Waals surface area (Å²) in [7, 11) is -2.19. The first-order valence-corrected chi connectivity index (χ1v) is 8.12. The molecule has 9 heteroatoms. The average Bonchev–Trinajstić information content (AvgIpc) is 2.78. The molecule has 1 atom stereocenters. The van der Waals surface area contributed by atoms with Gasteiger partial charge in [-0.3, -0.25) is 9.69 Å². The molecule has 22 heavy (non-hydrogen) atoms. The average molecular weight is 327 g/mol. The lowest BCUT2D eigenvalue weighted by Gasteiger charge is -2.15. The molecule has 8 nitrogen and oxygen atoms in total. The lowest BCUT2D eigenvalue weighted by Crippen LogP contribution is -2.44. The van der Waals surface area contributed by atoms with E-state index in [9.17, 15) is 18.0 Å². The summed E-state index contributed by atoms with van der Waals surface area (Å²) in [5, 5.41) is 7.73. The maximum atomic E-state index is 11.9. The van der Waals surface area contributed by atoms with Gasteiger partial charge in [0.05, 0.1) is 4.90 Å². The van der Waals surface area contributed by atoms with Gasteiger partial charge in [0, 0.05) is 13.6 Å². The van der Waals surface area contributed by atoms with Gasteiger partial charge < -0.3 is 10.1 Å². The van der Waals surface area contributed by atoms with Crippen molar-refractivity contribution in [2.24, 2.45) is 5.14 Å². The second-order valence-corrected chi connectivity index (χ2v) is 6.50. The summed E-state index contributed by atoms with van der Waals surface area (Å²) in [4.78, 5) is 24.3. The van der Waals surface area contributed by atoms with Gasteiger partial charge in [0.25, 0.3) is 0 Å². The van der Waals surface area contributed by atoms with Crippen LogP contribution < -0.4 is 10.5 Å². The van der Waals surface area contributed by atoms with Crippen LogP contribution in [-0.4, -0.2) is 51.6 Å². The smallest absolute Gasteiger partial charge is 0.410 e. The van der Waals surface area contributed by atoms with Crippen LogP contribution >= 0.6 is 0 Å². The number of cyclic esters (lactones) is 1. The molecule has 0 saturated carbocycles. The van der Waals surface area contributed by atoms with Crippen molar-refractivity contribution in [2.75, 3.05) is 20.2 Å². The fraction of sp³-hybridized carbons (Fsp3) is 0.385. The Kier molecular flexibility index (Phi) is 4.67. The van der Waals surface area contributed by atoms with E-state index in [0.717, 1.165) is 5.56 Å². The molecule has 3 N–H and O–H groups in total. The highest BCUT2D eigenvalue weighted by Crippen LogP contribution is 2.10. The number of sulfonamides is 1. The Hall–Kier alpha value is -2.13. The Morgan fingerprint density at radius 1 is 1.41 bits per heavy atom. The van der Waals surface area contributed by atoms with E-state index >= 15 is 0 Å². The van der Waals surface area contributed by atoms with Gasteiger partial charge in [0.1, 0.15) is 12.6 Å². The number of nitrogens with one attached hydrogen (secondary N) is 1. The first-order valence-electron chi connectivity index (χ1n) is 6.58. The number of carbonyl (C=O) groups excluding carboxylic acids is 2. The van der Waals surface area contributed by atoms with E-state index in [-0.39, 0.29) is 17.4 Å². The predicted octanol–water partition coefficient (Wildman–Crippen LogP) is -0.557. The van der Waals surface area contributed by atoms with E-state index in [0.29, 0.717) is 13.0 Å². The van der Waals surface area contributed by atoms with Crippen molar-refractivity contribution in [3.05, 3.63) is 29.8 Å². The summed E-state index contributed by atoms with van der Waals surface area (Å²) in [5.41, 5.74) is 0.861. The Bertz CT molecular complexity index is 671. The monoisotopic (exact) mass is 327 g/mol. The quantitative estimate of drug-likeness (QED) is 0.751. The van der Waals surface area contributed by atoms with Crippen molar-refractivity contribution in [1.82, 2.24) is 10.2 Å². The zero-order valence-electron chi connectivity index (χ0n) is 12.0. The largest absolute Gasteiger partial charge is 0.447 e. The van der Waals surface area contributed by atoms with Gasteiger partial charge >= 0.3 is 6.09 Å². The van der Waals surface area contributed by atoms with Crippen LogP contribution in [0, 0.1) is 0 Å². The molecule has 0 bridgehead atoms. The third-order valence-corrected chi connectivity index (χ3v) is 4.32. The van der Waals surface area contributed by atoms with Gasteiger partial charge in [0.2, 0.25) is 15.9 Å². The number of benzene rings is 1. The molecule has 1 saturated heterocycles. The summed E-state index contributed by atoms with van der Waals surface area (Å²) < 4.78 is 27.0. The Morgan fingerprint density at radius 3 is 2.55 bits per heavy atom. The number of rotatable bonds is 5. The fourth-order valence-corrected chi connectivity index (χ4v) is 2.55. The van der Waals surface area contributed by atoms with E-state index in [2.05, 4.69) is 5.32 Å². The van der Waals surface area contributed by atoms with E-state index in [1.54, 1.807) is 12.1 Å². The summed E-state index contributed by atoms with van der Waals surface area (Å²) >= 11 is 0. The summed E-state index contributed by atoms with van der Waals surface area (Å²) in [6.45, 7) is 0.413. The zero-order chi connectivity index (χ0) is 16.3. The highest BCUT2D eigenvalue weighted by atomic mass is 32.2. The first kappa shape index (κ1) is 16.2. The second kappa shape index (κ2) is 6.32. The van der Waals surface area contributed by atoms with Gasteiger partial charge in [0.15, 0.2) is 0 Å². The molecule has 0 radical (unpaired) electrons. The number of carbonyl (C=O) groups is 2. The molecule has 1 aliphatic heterocycles. The second-order valence-electron chi connectivity index (χ2n) is 4.93. The fourth-order valence-electron chi connectivity index (χ4n) is 2.04. The van der Waals surface area contributed by atoms with Crippen molar-refractivity contribution in [3.8, 4) is 0 Å². The normalized spacial score (nSPS) is 18.2. The lowest BCUT2D eigenvalue weighted by molar-refractivity contribution is -0.124. The van der Waals surface area contributed by atoms with Gasteiger partial charge in [-0.25, -0.2) is 18.4 Å². The minimum Gasteiger partial charge on any atom is -0.447 e. The van der Waals surface area contributed by atoms with Crippen LogP contribution in [0.2, 0.25) is 0 Å². The summed E-state index contributed by atoms with van der Waals surface area (Å²) in [5.74, 6) is -0.283. The van der Waals surface area contributed by atoms with Crippen molar-refractivity contribution >= 4 is 22.0 Å². The lowest BCUT2D eigenvalue weighted by atomic mass is 10.1. The van der Waals surface area contributed by atoms with E-state index in [1.165, 1.54) is 24.1 Å². The zero-order valence-corrected chi connectivity index (χ0v) is 12.8. The van der Waals surface area contributed by atoms with Crippen molar-refractivity contribution < 1.29 is 22.7 Å². The Balaban J connectivity index is 1.84. The molecule has 1 unspecified atom stereocenters. The number of hydrogen-bond acceptors (Lipinski definition) is 5. The van der Waals surface area contributed by atoms with Crippen molar-refractivity contribution in [3.63, 3.8) is 0 Å². The maximum absolute atomic E-state index is 11.9. The van der Waals surface area contributed by atoms with Crippen molar-refractivity contribution in [1.29, 1.82) is 0 Å². The molecule has 2 amide bonds. The standard InChI is InChI=1S/C13H17N3O5S/c1-16-11(8-21-13(16)18)12(17)15-7-6-9-2-4-10(5-3-9)22(14,19)20/h2-5,11H,6-8H2,1H3,(H,15,17)(H2,14,19,20). The van der Waals surface area contributed by atoms with Crippen LogP contribution in [0.1, 0.15) is 5.56 Å². The third-order valence-electron chi connectivity index (χ3n) is 3.39. The molecule has 0 aliphatic carbocycles. The SMILES string of the molecule is CN1C(=O)OCC1C(=O)NCCc1ccc(S(N)(=O)=O)cc1. The number of hydrogen-bond donors (Lipinski definition) is 2. The predicted molar refractivity (Wildman–Crippen MR) is 77.4 cm³/mol. The molecule has 0 spiro atoms. The van der Waals surface area contributed by atoms with Crippen LogP contribution in [0.3, 0.4) is 0 Å². The molecule has 1 aromatic carbocycles. The summed E-state index contributed by atoms with van der Waals surface area (Å²) in [6, 6.07) is 5.51. The van der Waals surface area contributed by atoms with E-state index in [1.807, 2.05) is 0 Å².